The molecule has 2 fully saturated rings. The monoisotopic (exact) mass is 852 g/mol. The van der Waals surface area contributed by atoms with Gasteiger partial charge in [0, 0.05) is 75.7 Å². The second-order valence-corrected chi connectivity index (χ2v) is 16.0. The number of rotatable bonds is 9. The van der Waals surface area contributed by atoms with E-state index < -0.39 is 28.9 Å². The van der Waals surface area contributed by atoms with Crippen LogP contribution in [0.2, 0.25) is 10.0 Å². The third kappa shape index (κ3) is 7.19. The highest BCUT2D eigenvalue weighted by atomic mass is 35.5. The molecular weight excluding hydrogens is 812 g/mol. The number of anilines is 2. The summed E-state index contributed by atoms with van der Waals surface area (Å²) in [6, 6.07) is 13.0. The number of ether oxygens (including phenoxy) is 2. The highest BCUT2D eigenvalue weighted by Gasteiger charge is 2.46. The highest BCUT2D eigenvalue weighted by Crippen LogP contribution is 2.47. The van der Waals surface area contributed by atoms with Gasteiger partial charge in [-0.05, 0) is 49.4 Å². The lowest BCUT2D eigenvalue weighted by molar-refractivity contribution is -0.141. The Labute approximate surface area is 346 Å². The van der Waals surface area contributed by atoms with Crippen LogP contribution < -0.4 is 26.6 Å². The van der Waals surface area contributed by atoms with Crippen LogP contribution >= 0.6 is 23.2 Å². The van der Waals surface area contributed by atoms with Crippen LogP contribution in [-0.4, -0.2) is 87.5 Å². The van der Waals surface area contributed by atoms with Crippen LogP contribution in [0.5, 0.6) is 5.88 Å². The van der Waals surface area contributed by atoms with Crippen molar-refractivity contribution >= 4 is 51.6 Å². The molecule has 2 amide bonds. The second-order valence-electron chi connectivity index (χ2n) is 15.2. The van der Waals surface area contributed by atoms with E-state index in [1.165, 1.54) is 20.2 Å². The van der Waals surface area contributed by atoms with Crippen LogP contribution in [0.4, 0.5) is 29.5 Å². The van der Waals surface area contributed by atoms with Crippen LogP contribution in [-0.2, 0) is 31.4 Å². The minimum atomic E-state index is -4.88. The van der Waals surface area contributed by atoms with E-state index in [0.29, 0.717) is 59.0 Å². The summed E-state index contributed by atoms with van der Waals surface area (Å²) in [6.07, 6.45) is -1.52. The van der Waals surface area contributed by atoms with Gasteiger partial charge >= 0.3 is 17.9 Å². The number of pyridine rings is 2. The summed E-state index contributed by atoms with van der Waals surface area (Å²) in [4.78, 5) is 51.9. The molecule has 5 aromatic rings. The average Bonchev–Trinajstić information content (AvgIpc) is 3.83. The van der Waals surface area contributed by atoms with Gasteiger partial charge in [-0.2, -0.15) is 13.2 Å². The van der Waals surface area contributed by atoms with Gasteiger partial charge in [0.25, 0.3) is 5.56 Å². The molecule has 3 aliphatic rings. The Bertz CT molecular complexity index is 2640. The minimum absolute atomic E-state index is 0.0585. The maximum absolute atomic E-state index is 14.0. The fourth-order valence-electron chi connectivity index (χ4n) is 8.68. The topological polar surface area (TPSA) is 136 Å². The van der Waals surface area contributed by atoms with Crippen LogP contribution in [0, 0.1) is 0 Å². The Kier molecular flexibility index (Phi) is 10.6. The van der Waals surface area contributed by atoms with Crippen LogP contribution in [0.15, 0.2) is 58.1 Å². The molecule has 5 heterocycles. The number of hydrogen-bond acceptors (Lipinski definition) is 9. The molecule has 0 radical (unpaired) electrons. The number of methoxy groups -OCH3 is 2. The van der Waals surface area contributed by atoms with E-state index in [0.717, 1.165) is 59.0 Å². The fraction of sp³-hybridized carbons (Fsp3) is 0.390. The summed E-state index contributed by atoms with van der Waals surface area (Å²) in [5, 5.41) is 6.35. The first-order valence-electron chi connectivity index (χ1n) is 19.1. The van der Waals surface area contributed by atoms with E-state index in [1.807, 2.05) is 18.2 Å². The summed E-state index contributed by atoms with van der Waals surface area (Å²) in [7, 11) is 5.73. The first-order chi connectivity index (χ1) is 28.1. The minimum Gasteiger partial charge on any atom is -0.481 e. The largest absolute Gasteiger partial charge is 0.481 e. The van der Waals surface area contributed by atoms with Crippen molar-refractivity contribution in [2.24, 2.45) is 14.1 Å². The van der Waals surface area contributed by atoms with Crippen LogP contribution in [0.25, 0.3) is 33.3 Å². The van der Waals surface area contributed by atoms with E-state index in [4.69, 9.17) is 37.7 Å². The fourth-order valence-corrected chi connectivity index (χ4v) is 9.28. The van der Waals surface area contributed by atoms with Crippen LogP contribution in [0.3, 0.4) is 0 Å². The Morgan fingerprint density at radius 2 is 1.66 bits per heavy atom. The molecule has 2 aliphatic heterocycles. The number of carbonyl (C=O) groups is 1. The number of aryl methyl sites for hydroxylation is 2. The first-order valence-corrected chi connectivity index (χ1v) is 19.8. The van der Waals surface area contributed by atoms with Crippen molar-refractivity contribution in [3.05, 3.63) is 96.2 Å². The molecule has 3 aromatic heterocycles. The molecule has 13 nitrogen and oxygen atoms in total. The Morgan fingerprint density at radius 1 is 0.949 bits per heavy atom. The molecule has 0 saturated carbocycles. The molecule has 2 N–H and O–H groups in total. The van der Waals surface area contributed by atoms with Crippen LogP contribution in [0.1, 0.15) is 42.1 Å². The normalized spacial score (nSPS) is 19.4. The Hall–Kier alpha value is -5.16. The number of alkyl halides is 3. The molecule has 18 heteroatoms. The number of hydrogen-bond donors (Lipinski definition) is 2. The van der Waals surface area contributed by atoms with Crippen molar-refractivity contribution < 1.29 is 27.4 Å². The highest BCUT2D eigenvalue weighted by molar-refractivity contribution is 6.39. The third-order valence-corrected chi connectivity index (χ3v) is 12.6. The summed E-state index contributed by atoms with van der Waals surface area (Å²) < 4.78 is 55.0. The molecule has 1 spiro atoms. The predicted molar refractivity (Wildman–Crippen MR) is 219 cm³/mol. The summed E-state index contributed by atoms with van der Waals surface area (Å²) in [5.41, 5.74) is 0.987. The number of urea groups is 1. The molecule has 2 atom stereocenters. The molecule has 1 aliphatic carbocycles. The Morgan fingerprint density at radius 3 is 2.37 bits per heavy atom. The van der Waals surface area contributed by atoms with E-state index in [1.54, 1.807) is 37.3 Å². The number of carbonyl (C=O) groups excluding carboxylic acids is 1. The quantitative estimate of drug-likeness (QED) is 0.162. The lowest BCUT2D eigenvalue weighted by Gasteiger charge is -2.40. The van der Waals surface area contributed by atoms with E-state index in [-0.39, 0.29) is 39.2 Å². The van der Waals surface area contributed by atoms with E-state index in [2.05, 4.69) is 20.5 Å². The molecule has 2 aromatic carbocycles. The molecular formula is C41H41Cl2F3N8O5. The summed E-state index contributed by atoms with van der Waals surface area (Å²) in [6.45, 7) is 3.28. The van der Waals surface area contributed by atoms with Gasteiger partial charge in [0.2, 0.25) is 5.88 Å². The lowest BCUT2D eigenvalue weighted by Crippen LogP contribution is -2.61. The molecule has 2 saturated heterocycles. The maximum Gasteiger partial charge on any atom is 0.433 e. The standard InChI is InChI=1S/C41H41Cl2F3N8O5/c1-51-29-20-30(41(44,45)46)49-35(32(29)37(55)52(2)39(51)57)47-26-10-6-8-24(34(26)43)23-7-5-9-25(33(23)42)27-19-22-11-12-28(31(22)36(48-27)59-4)54-16-14-40(21-54)13-15-53(17-18-58-3)38(56)50-40/h5-10,19-20,28H,11-18,21H2,1-4H3,(H,47,49)(H,50,56). The second kappa shape index (κ2) is 15.5. The number of benzene rings is 2. The van der Waals surface area contributed by atoms with Crippen molar-refractivity contribution in [3.8, 4) is 28.3 Å². The van der Waals surface area contributed by atoms with Gasteiger partial charge in [0.15, 0.2) is 0 Å². The zero-order chi connectivity index (χ0) is 42.0. The van der Waals surface area contributed by atoms with Crippen molar-refractivity contribution in [2.75, 3.05) is 52.3 Å². The van der Waals surface area contributed by atoms with Gasteiger partial charge in [-0.3, -0.25) is 18.8 Å². The lowest BCUT2D eigenvalue weighted by atomic mass is 9.92. The van der Waals surface area contributed by atoms with E-state index >= 15 is 0 Å². The number of halogens is 5. The molecule has 0 bridgehead atoms. The van der Waals surface area contributed by atoms with Crippen molar-refractivity contribution in [1.82, 2.24) is 34.2 Å². The molecule has 2 unspecified atom stereocenters. The van der Waals surface area contributed by atoms with Gasteiger partial charge < -0.3 is 25.0 Å². The Balaban J connectivity index is 1.10. The number of aromatic nitrogens is 4. The molecule has 59 heavy (non-hydrogen) atoms. The van der Waals surface area contributed by atoms with Crippen molar-refractivity contribution in [1.29, 1.82) is 0 Å². The van der Waals surface area contributed by atoms with Gasteiger partial charge in [0.05, 0.1) is 46.2 Å². The van der Waals surface area contributed by atoms with Crippen molar-refractivity contribution in [3.63, 3.8) is 0 Å². The van der Waals surface area contributed by atoms with E-state index in [9.17, 15) is 27.6 Å². The number of nitrogens with one attached hydrogen (secondary N) is 2. The predicted octanol–water partition coefficient (Wildman–Crippen LogP) is 6.93. The average molecular weight is 854 g/mol. The number of nitrogens with zero attached hydrogens (tertiary/aromatic N) is 6. The smallest absolute Gasteiger partial charge is 0.433 e. The number of fused-ring (bicyclic) bond motifs is 2. The zero-order valence-electron chi connectivity index (χ0n) is 32.7. The van der Waals surface area contributed by atoms with Gasteiger partial charge in [-0.1, -0.05) is 53.5 Å². The number of amides is 2. The summed E-state index contributed by atoms with van der Waals surface area (Å²) >= 11 is 14.1. The van der Waals surface area contributed by atoms with Gasteiger partial charge in [-0.25, -0.2) is 19.6 Å². The van der Waals surface area contributed by atoms with Gasteiger partial charge in [0.1, 0.15) is 16.9 Å². The maximum atomic E-state index is 14.0. The third-order valence-electron chi connectivity index (χ3n) is 11.8. The first kappa shape index (κ1) is 40.6. The molecule has 310 valence electrons. The SMILES string of the molecule is COCCN1CCC2(CCN(C3CCc4cc(-c5cccc(-c6cccc(Nc7nc(C(F)(F)F)cc8c7c(=O)n(C)c(=O)n8C)c6Cl)c5Cl)nc(OC)c43)C2)NC1=O. The molecule has 8 rings (SSSR count). The number of likely N-dealkylation sites (tertiary alicyclic amines) is 1. The van der Waals surface area contributed by atoms with Gasteiger partial charge in [-0.15, -0.1) is 0 Å². The summed E-state index contributed by atoms with van der Waals surface area (Å²) in [5.74, 6) is 0.0735. The van der Waals surface area contributed by atoms with Crippen molar-refractivity contribution in [2.45, 2.75) is 43.4 Å². The zero-order valence-corrected chi connectivity index (χ0v) is 34.2.